The third kappa shape index (κ3) is 2.38. The van der Waals surface area contributed by atoms with Gasteiger partial charge in [-0.05, 0) is 79.1 Å². The lowest BCUT2D eigenvalue weighted by molar-refractivity contribution is -0.108. The largest absolute Gasteiger partial charge is 0.282 e. The van der Waals surface area contributed by atoms with Crippen molar-refractivity contribution in [3.63, 3.8) is 0 Å². The molecule has 0 N–H and O–H groups in total. The summed E-state index contributed by atoms with van der Waals surface area (Å²) in [7, 11) is 0. The molecule has 0 radical (unpaired) electrons. The maximum Gasteiger partial charge on any atom is 0.212 e. The number of hydrogen-bond donors (Lipinski definition) is 0. The second-order valence-corrected chi connectivity index (χ2v) is 11.5. The van der Waals surface area contributed by atoms with Gasteiger partial charge in [-0.1, -0.05) is 52.5 Å². The van der Waals surface area contributed by atoms with Crippen LogP contribution in [0.3, 0.4) is 0 Å². The summed E-state index contributed by atoms with van der Waals surface area (Å²) in [6, 6.07) is 0. The van der Waals surface area contributed by atoms with E-state index >= 15 is 0 Å². The molecule has 24 heavy (non-hydrogen) atoms. The molecule has 134 valence electrons. The van der Waals surface area contributed by atoms with E-state index in [0.29, 0.717) is 10.7 Å². The number of thioether (sulfide) groups is 1. The molecule has 1 heterocycles. The van der Waals surface area contributed by atoms with E-state index in [1.54, 1.807) is 11.8 Å². The first kappa shape index (κ1) is 17.2. The normalized spacial score (nSPS) is 53.7. The van der Waals surface area contributed by atoms with Crippen LogP contribution in [0.2, 0.25) is 0 Å². The Labute approximate surface area is 152 Å². The van der Waals surface area contributed by atoms with Crippen molar-refractivity contribution in [1.29, 1.82) is 0 Å². The van der Waals surface area contributed by atoms with Crippen molar-refractivity contribution in [1.82, 2.24) is 0 Å². The Morgan fingerprint density at radius 1 is 1.21 bits per heavy atom. The molecule has 1 aliphatic heterocycles. The summed E-state index contributed by atoms with van der Waals surface area (Å²) in [5.41, 5.74) is 0.821. The van der Waals surface area contributed by atoms with Crippen molar-refractivity contribution in [3.05, 3.63) is 12.2 Å². The van der Waals surface area contributed by atoms with Crippen LogP contribution in [-0.4, -0.2) is 10.4 Å². The highest BCUT2D eigenvalue weighted by Gasteiger charge is 2.60. The molecule has 0 amide bonds. The summed E-state index contributed by atoms with van der Waals surface area (Å²) in [4.78, 5) is 12.0. The first-order valence-corrected chi connectivity index (χ1v) is 11.0. The van der Waals surface area contributed by atoms with Crippen LogP contribution in [0.5, 0.6) is 0 Å². The van der Waals surface area contributed by atoms with Gasteiger partial charge in [-0.15, -0.1) is 0 Å². The van der Waals surface area contributed by atoms with Gasteiger partial charge in [-0.2, -0.15) is 0 Å². The molecular weight excluding hydrogens is 312 g/mol. The number of fused-ring (bicyclic) bond motifs is 5. The van der Waals surface area contributed by atoms with E-state index in [1.807, 2.05) is 6.08 Å². The van der Waals surface area contributed by atoms with Crippen molar-refractivity contribution in [3.8, 4) is 0 Å². The van der Waals surface area contributed by atoms with Gasteiger partial charge in [0.05, 0.1) is 0 Å². The fourth-order valence-electron chi connectivity index (χ4n) is 7.16. The molecule has 2 heteroatoms. The molecule has 3 unspecified atom stereocenters. The maximum atomic E-state index is 12.0. The lowest BCUT2D eigenvalue weighted by Gasteiger charge is -2.60. The summed E-state index contributed by atoms with van der Waals surface area (Å²) in [5, 5.41) is 0.794. The highest BCUT2D eigenvalue weighted by molar-refractivity contribution is 8.14. The zero-order valence-electron chi connectivity index (χ0n) is 16.0. The summed E-state index contributed by atoms with van der Waals surface area (Å²) in [6.45, 7) is 12.4. The highest BCUT2D eigenvalue weighted by Crippen LogP contribution is 2.67. The van der Waals surface area contributed by atoms with E-state index < -0.39 is 0 Å². The molecule has 4 aliphatic rings. The molecular formula is C22H34OS. The number of allylic oxidation sites excluding steroid dienone is 1. The molecule has 3 fully saturated rings. The van der Waals surface area contributed by atoms with Crippen LogP contribution in [0.4, 0.5) is 0 Å². The van der Waals surface area contributed by atoms with Crippen LogP contribution < -0.4 is 0 Å². The van der Waals surface area contributed by atoms with Crippen LogP contribution in [0.1, 0.15) is 66.7 Å². The zero-order chi connectivity index (χ0) is 17.3. The summed E-state index contributed by atoms with van der Waals surface area (Å²) in [6.07, 6.45) is 11.1. The SMILES string of the molecule is CC(C)C1C[C@H]2[C@@H]3C(C)CC4SC(=O)C=C[C@]4(C)[C@@H]3CC[C@]2(C)C1. The third-order valence-electron chi connectivity index (χ3n) is 8.65. The van der Waals surface area contributed by atoms with E-state index in [0.717, 1.165) is 35.5 Å². The molecule has 0 aromatic rings. The second-order valence-electron chi connectivity index (χ2n) is 10.3. The second kappa shape index (κ2) is 5.63. The van der Waals surface area contributed by atoms with Crippen molar-refractivity contribution in [2.45, 2.75) is 72.0 Å². The van der Waals surface area contributed by atoms with Gasteiger partial charge in [0.25, 0.3) is 0 Å². The standard InChI is InChI=1S/C22H34OS/c1-13(2)15-11-17-20-14(3)10-18-22(5,9-7-19(23)24-18)16(20)6-8-21(17,4)12-15/h7,9,13-18,20H,6,8,10-12H2,1-5H3/t14?,15?,16-,17+,18?,20-,21-,22-/m1/s1. The first-order valence-electron chi connectivity index (χ1n) is 10.1. The molecule has 0 aromatic carbocycles. The Morgan fingerprint density at radius 3 is 2.67 bits per heavy atom. The Hall–Kier alpha value is -0.240. The Balaban J connectivity index is 1.69. The Morgan fingerprint density at radius 2 is 1.96 bits per heavy atom. The predicted octanol–water partition coefficient (Wildman–Crippen LogP) is 5.95. The predicted molar refractivity (Wildman–Crippen MR) is 103 cm³/mol. The lowest BCUT2D eigenvalue weighted by atomic mass is 9.48. The number of carbonyl (C=O) groups excluding carboxylic acids is 1. The summed E-state index contributed by atoms with van der Waals surface area (Å²) >= 11 is 1.63. The fourth-order valence-corrected chi connectivity index (χ4v) is 8.49. The van der Waals surface area contributed by atoms with Gasteiger partial charge >= 0.3 is 0 Å². The van der Waals surface area contributed by atoms with Crippen LogP contribution in [0.15, 0.2) is 12.2 Å². The summed E-state index contributed by atoms with van der Waals surface area (Å²) < 4.78 is 0. The van der Waals surface area contributed by atoms with Gasteiger partial charge in [0.1, 0.15) is 0 Å². The molecule has 8 atom stereocenters. The molecule has 0 bridgehead atoms. The van der Waals surface area contributed by atoms with Gasteiger partial charge in [0.15, 0.2) is 0 Å². The highest BCUT2D eigenvalue weighted by atomic mass is 32.2. The number of hydrogen-bond acceptors (Lipinski definition) is 2. The van der Waals surface area contributed by atoms with Crippen molar-refractivity contribution in [2.75, 3.05) is 0 Å². The van der Waals surface area contributed by atoms with E-state index in [2.05, 4.69) is 40.7 Å². The smallest absolute Gasteiger partial charge is 0.212 e. The molecule has 0 aromatic heterocycles. The topological polar surface area (TPSA) is 17.1 Å². The van der Waals surface area contributed by atoms with Crippen molar-refractivity contribution < 1.29 is 4.79 Å². The molecule has 1 nitrogen and oxygen atoms in total. The number of carbonyl (C=O) groups is 1. The first-order chi connectivity index (χ1) is 11.2. The zero-order valence-corrected chi connectivity index (χ0v) is 16.9. The molecule has 3 aliphatic carbocycles. The van der Waals surface area contributed by atoms with Crippen molar-refractivity contribution in [2.24, 2.45) is 46.3 Å². The lowest BCUT2D eigenvalue weighted by Crippen LogP contribution is -2.55. The van der Waals surface area contributed by atoms with Gasteiger partial charge in [-0.3, -0.25) is 4.79 Å². The average Bonchev–Trinajstić information content (AvgIpc) is 2.87. The fraction of sp³-hybridized carbons (Fsp3) is 0.864. The van der Waals surface area contributed by atoms with Gasteiger partial charge in [0.2, 0.25) is 5.12 Å². The van der Waals surface area contributed by atoms with Gasteiger partial charge in [-0.25, -0.2) is 0 Å². The maximum absolute atomic E-state index is 12.0. The van der Waals surface area contributed by atoms with E-state index in [4.69, 9.17) is 0 Å². The average molecular weight is 347 g/mol. The van der Waals surface area contributed by atoms with E-state index in [1.165, 1.54) is 32.1 Å². The van der Waals surface area contributed by atoms with Crippen LogP contribution >= 0.6 is 11.8 Å². The van der Waals surface area contributed by atoms with Gasteiger partial charge < -0.3 is 0 Å². The number of rotatable bonds is 1. The van der Waals surface area contributed by atoms with E-state index in [-0.39, 0.29) is 10.5 Å². The Kier molecular flexibility index (Phi) is 4.03. The quantitative estimate of drug-likeness (QED) is 0.584. The molecule has 3 saturated carbocycles. The Bertz CT molecular complexity index is 566. The molecule has 0 spiro atoms. The molecule has 4 rings (SSSR count). The monoisotopic (exact) mass is 346 g/mol. The van der Waals surface area contributed by atoms with E-state index in [9.17, 15) is 4.79 Å². The van der Waals surface area contributed by atoms with Crippen molar-refractivity contribution >= 4 is 16.9 Å². The minimum Gasteiger partial charge on any atom is -0.282 e. The van der Waals surface area contributed by atoms with Crippen LogP contribution in [0, 0.1) is 46.3 Å². The van der Waals surface area contributed by atoms with Gasteiger partial charge in [0, 0.05) is 10.7 Å². The minimum atomic E-state index is 0.243. The third-order valence-corrected chi connectivity index (χ3v) is 10.0. The molecule has 0 saturated heterocycles. The van der Waals surface area contributed by atoms with Crippen LogP contribution in [-0.2, 0) is 4.79 Å². The van der Waals surface area contributed by atoms with Crippen LogP contribution in [0.25, 0.3) is 0 Å². The minimum absolute atomic E-state index is 0.243. The summed E-state index contributed by atoms with van der Waals surface area (Å²) in [5.74, 6) is 5.09.